The molecule has 5 nitrogen and oxygen atoms in total. The molecule has 25 heavy (non-hydrogen) atoms. The van der Waals surface area contributed by atoms with E-state index in [1.54, 1.807) is 6.07 Å². The third kappa shape index (κ3) is 4.67. The summed E-state index contributed by atoms with van der Waals surface area (Å²) in [6.45, 7) is 7.61. The zero-order chi connectivity index (χ0) is 18.6. The molecule has 0 aliphatic rings. The number of hydrogen-bond donors (Lipinski definition) is 3. The Hall–Kier alpha value is -2.66. The largest absolute Gasteiger partial charge is 0.387 e. The van der Waals surface area contributed by atoms with Crippen molar-refractivity contribution in [1.82, 2.24) is 5.32 Å². The second kappa shape index (κ2) is 7.94. The van der Waals surface area contributed by atoms with E-state index in [4.69, 9.17) is 0 Å². The van der Waals surface area contributed by atoms with Gasteiger partial charge in [-0.15, -0.1) is 0 Å². The molecule has 2 amide bonds. The first-order chi connectivity index (χ1) is 11.8. The molecule has 0 heterocycles. The van der Waals surface area contributed by atoms with Crippen molar-refractivity contribution in [2.24, 2.45) is 0 Å². The molecule has 0 aliphatic carbocycles. The van der Waals surface area contributed by atoms with Crippen LogP contribution in [0.1, 0.15) is 33.9 Å². The number of benzene rings is 2. The summed E-state index contributed by atoms with van der Waals surface area (Å²) in [5.74, 6) is -1.51. The van der Waals surface area contributed by atoms with Gasteiger partial charge in [0.25, 0.3) is 0 Å². The number of carbonyl (C=O) groups excluding carboxylic acids is 2. The van der Waals surface area contributed by atoms with Gasteiger partial charge in [0.15, 0.2) is 0 Å². The second-order valence-electron chi connectivity index (χ2n) is 6.31. The summed E-state index contributed by atoms with van der Waals surface area (Å²) in [6.07, 6.45) is -0.860. The maximum Gasteiger partial charge on any atom is 0.313 e. The first kappa shape index (κ1) is 18.7. The minimum atomic E-state index is -0.860. The van der Waals surface area contributed by atoms with Crippen LogP contribution in [0.3, 0.4) is 0 Å². The Bertz CT molecular complexity index is 776. The molecule has 2 rings (SSSR count). The van der Waals surface area contributed by atoms with E-state index in [9.17, 15) is 14.7 Å². The van der Waals surface area contributed by atoms with Crippen molar-refractivity contribution in [1.29, 1.82) is 0 Å². The molecule has 0 spiro atoms. The van der Waals surface area contributed by atoms with Crippen molar-refractivity contribution in [2.75, 3.05) is 11.9 Å². The van der Waals surface area contributed by atoms with E-state index in [0.29, 0.717) is 5.69 Å². The standard InChI is InChI=1S/C20H24N2O3/c1-12-9-14(3)18(15(4)10-12)22-20(25)19(24)21-11-17(23)16-8-6-5-7-13(16)2/h5-10,17,23H,11H2,1-4H3,(H,21,24)(H,22,25). The van der Waals surface area contributed by atoms with Gasteiger partial charge in [0.05, 0.1) is 6.10 Å². The van der Waals surface area contributed by atoms with Gasteiger partial charge in [-0.3, -0.25) is 9.59 Å². The van der Waals surface area contributed by atoms with Crippen LogP contribution in [-0.2, 0) is 9.59 Å². The number of carbonyl (C=O) groups is 2. The van der Waals surface area contributed by atoms with Crippen molar-refractivity contribution in [3.05, 3.63) is 64.2 Å². The highest BCUT2D eigenvalue weighted by molar-refractivity contribution is 6.39. The molecule has 0 bridgehead atoms. The maximum absolute atomic E-state index is 12.1. The van der Waals surface area contributed by atoms with Gasteiger partial charge in [0.1, 0.15) is 0 Å². The molecule has 3 N–H and O–H groups in total. The normalized spacial score (nSPS) is 11.7. The summed E-state index contributed by atoms with van der Waals surface area (Å²) >= 11 is 0. The Morgan fingerprint density at radius 1 is 0.960 bits per heavy atom. The molecule has 0 radical (unpaired) electrons. The quantitative estimate of drug-likeness (QED) is 0.749. The van der Waals surface area contributed by atoms with Crippen LogP contribution in [0.2, 0.25) is 0 Å². The fraction of sp³-hybridized carbons (Fsp3) is 0.300. The van der Waals surface area contributed by atoms with Crippen LogP contribution >= 0.6 is 0 Å². The van der Waals surface area contributed by atoms with Crippen LogP contribution in [0.15, 0.2) is 36.4 Å². The predicted octanol–water partition coefficient (Wildman–Crippen LogP) is 2.71. The lowest BCUT2D eigenvalue weighted by atomic mass is 10.0. The van der Waals surface area contributed by atoms with Gasteiger partial charge in [-0.05, 0) is 49.9 Å². The molecule has 0 aliphatic heterocycles. The van der Waals surface area contributed by atoms with Gasteiger partial charge in [0.2, 0.25) is 0 Å². The average Bonchev–Trinajstić information content (AvgIpc) is 2.55. The van der Waals surface area contributed by atoms with Crippen LogP contribution < -0.4 is 10.6 Å². The van der Waals surface area contributed by atoms with Gasteiger partial charge < -0.3 is 15.7 Å². The van der Waals surface area contributed by atoms with Crippen LogP contribution in [0.4, 0.5) is 5.69 Å². The zero-order valence-electron chi connectivity index (χ0n) is 15.0. The fourth-order valence-electron chi connectivity index (χ4n) is 2.89. The van der Waals surface area contributed by atoms with E-state index >= 15 is 0 Å². The lowest BCUT2D eigenvalue weighted by Crippen LogP contribution is -2.38. The molecular weight excluding hydrogens is 316 g/mol. The second-order valence-corrected chi connectivity index (χ2v) is 6.31. The summed E-state index contributed by atoms with van der Waals surface area (Å²) in [7, 11) is 0. The van der Waals surface area contributed by atoms with E-state index in [2.05, 4.69) is 10.6 Å². The first-order valence-corrected chi connectivity index (χ1v) is 8.20. The van der Waals surface area contributed by atoms with Gasteiger partial charge in [-0.2, -0.15) is 0 Å². The Balaban J connectivity index is 1.97. The Labute approximate surface area is 148 Å². The maximum atomic E-state index is 12.1. The first-order valence-electron chi connectivity index (χ1n) is 8.20. The van der Waals surface area contributed by atoms with Gasteiger partial charge in [-0.1, -0.05) is 42.0 Å². The summed E-state index contributed by atoms with van der Waals surface area (Å²) in [5.41, 5.74) is 5.20. The highest BCUT2D eigenvalue weighted by Crippen LogP contribution is 2.21. The predicted molar refractivity (Wildman–Crippen MR) is 98.4 cm³/mol. The molecule has 132 valence electrons. The smallest absolute Gasteiger partial charge is 0.313 e. The average molecular weight is 340 g/mol. The Kier molecular flexibility index (Phi) is 5.93. The van der Waals surface area contributed by atoms with Crippen molar-refractivity contribution in [2.45, 2.75) is 33.8 Å². The number of aryl methyl sites for hydroxylation is 4. The molecule has 2 aromatic rings. The number of hydrogen-bond acceptors (Lipinski definition) is 3. The minimum absolute atomic E-state index is 0.0248. The molecule has 1 atom stereocenters. The fourth-order valence-corrected chi connectivity index (χ4v) is 2.89. The van der Waals surface area contributed by atoms with E-state index in [0.717, 1.165) is 27.8 Å². The van der Waals surface area contributed by atoms with Crippen LogP contribution in [-0.4, -0.2) is 23.5 Å². The van der Waals surface area contributed by atoms with Crippen molar-refractivity contribution in [3.63, 3.8) is 0 Å². The van der Waals surface area contributed by atoms with Crippen LogP contribution in [0, 0.1) is 27.7 Å². The molecule has 0 fully saturated rings. The lowest BCUT2D eigenvalue weighted by molar-refractivity contribution is -0.136. The van der Waals surface area contributed by atoms with Crippen LogP contribution in [0.5, 0.6) is 0 Å². The summed E-state index contributed by atoms with van der Waals surface area (Å²) in [6, 6.07) is 11.3. The van der Waals surface area contributed by atoms with Gasteiger partial charge in [0, 0.05) is 12.2 Å². The minimum Gasteiger partial charge on any atom is -0.387 e. The Morgan fingerprint density at radius 2 is 1.56 bits per heavy atom. The number of aliphatic hydroxyl groups excluding tert-OH is 1. The molecule has 0 aromatic heterocycles. The van der Waals surface area contributed by atoms with Crippen molar-refractivity contribution >= 4 is 17.5 Å². The number of anilines is 1. The highest BCUT2D eigenvalue weighted by atomic mass is 16.3. The molecule has 1 unspecified atom stereocenters. The molecule has 5 heteroatoms. The summed E-state index contributed by atoms with van der Waals surface area (Å²) in [4.78, 5) is 24.1. The number of amides is 2. The number of aliphatic hydroxyl groups is 1. The SMILES string of the molecule is Cc1cc(C)c(NC(=O)C(=O)NCC(O)c2ccccc2C)c(C)c1. The van der Waals surface area contributed by atoms with Crippen molar-refractivity contribution < 1.29 is 14.7 Å². The molecule has 0 saturated carbocycles. The summed E-state index contributed by atoms with van der Waals surface area (Å²) in [5, 5.41) is 15.3. The molecule has 2 aromatic carbocycles. The van der Waals surface area contributed by atoms with E-state index in [-0.39, 0.29) is 6.54 Å². The van der Waals surface area contributed by atoms with E-state index in [1.807, 2.05) is 58.0 Å². The monoisotopic (exact) mass is 340 g/mol. The third-order valence-corrected chi connectivity index (χ3v) is 4.13. The van der Waals surface area contributed by atoms with E-state index < -0.39 is 17.9 Å². The molecular formula is C20H24N2O3. The van der Waals surface area contributed by atoms with Gasteiger partial charge >= 0.3 is 11.8 Å². The van der Waals surface area contributed by atoms with E-state index in [1.165, 1.54) is 0 Å². The highest BCUT2D eigenvalue weighted by Gasteiger charge is 2.18. The number of nitrogens with one attached hydrogen (secondary N) is 2. The number of rotatable bonds is 4. The lowest BCUT2D eigenvalue weighted by Gasteiger charge is -2.15. The third-order valence-electron chi connectivity index (χ3n) is 4.13. The zero-order valence-corrected chi connectivity index (χ0v) is 15.0. The topological polar surface area (TPSA) is 78.4 Å². The molecule has 0 saturated heterocycles. The van der Waals surface area contributed by atoms with Gasteiger partial charge in [-0.25, -0.2) is 0 Å². The van der Waals surface area contributed by atoms with Crippen LogP contribution in [0.25, 0.3) is 0 Å². The van der Waals surface area contributed by atoms with Crippen molar-refractivity contribution in [3.8, 4) is 0 Å². The summed E-state index contributed by atoms with van der Waals surface area (Å²) < 4.78 is 0. The Morgan fingerprint density at radius 3 is 2.16 bits per heavy atom.